The van der Waals surface area contributed by atoms with Gasteiger partial charge in [-0.3, -0.25) is 4.79 Å². The normalized spacial score (nSPS) is 11.5. The van der Waals surface area contributed by atoms with Crippen molar-refractivity contribution in [2.75, 3.05) is 0 Å². The Kier molecular flexibility index (Phi) is 5.37. The van der Waals surface area contributed by atoms with E-state index in [1.54, 1.807) is 13.0 Å². The number of benzene rings is 3. The molecule has 0 spiro atoms. The molecule has 154 valence electrons. The van der Waals surface area contributed by atoms with Crippen molar-refractivity contribution in [3.63, 3.8) is 0 Å². The van der Waals surface area contributed by atoms with Crippen molar-refractivity contribution in [2.45, 2.75) is 13.8 Å². The lowest BCUT2D eigenvalue weighted by Crippen LogP contribution is -2.20. The van der Waals surface area contributed by atoms with Crippen LogP contribution in [-0.4, -0.2) is 26.8 Å². The molecule has 31 heavy (non-hydrogen) atoms. The molecule has 0 atom stereocenters. The molecule has 3 aromatic carbocycles. The van der Waals surface area contributed by atoms with E-state index in [0.29, 0.717) is 33.4 Å². The number of carbonyl (C=O) groups excluding carboxylic acids is 1. The highest BCUT2D eigenvalue weighted by atomic mass is 16.3. The number of hydrazone groups is 1. The lowest BCUT2D eigenvalue weighted by Gasteiger charge is -2.10. The summed E-state index contributed by atoms with van der Waals surface area (Å²) in [5, 5.41) is 24.5. The van der Waals surface area contributed by atoms with Gasteiger partial charge in [-0.2, -0.15) is 5.10 Å². The molecule has 6 nitrogen and oxygen atoms in total. The Morgan fingerprint density at radius 3 is 2.55 bits per heavy atom. The standard InChI is InChI=1S/C25H21N3O3/c1-15-6-5-7-17(12-15)23-14-21(19-8-3-4-9-22(19)26-23)25(31)28-27-16(2)20-13-18(29)10-11-24(20)30/h3-14,29-30H,1-2H3,(H,28,31)/b27-16+. The molecule has 6 heteroatoms. The summed E-state index contributed by atoms with van der Waals surface area (Å²) < 4.78 is 0. The summed E-state index contributed by atoms with van der Waals surface area (Å²) in [5.74, 6) is -0.438. The van der Waals surface area contributed by atoms with Crippen molar-refractivity contribution in [3.8, 4) is 22.8 Å². The van der Waals surface area contributed by atoms with Gasteiger partial charge in [0, 0.05) is 16.5 Å². The fourth-order valence-corrected chi connectivity index (χ4v) is 3.38. The number of rotatable bonds is 4. The van der Waals surface area contributed by atoms with E-state index in [9.17, 15) is 15.0 Å². The highest BCUT2D eigenvalue weighted by Gasteiger charge is 2.14. The molecule has 0 aliphatic carbocycles. The summed E-state index contributed by atoms with van der Waals surface area (Å²) in [5.41, 5.74) is 7.11. The first kappa shape index (κ1) is 20.1. The number of pyridine rings is 1. The smallest absolute Gasteiger partial charge is 0.272 e. The predicted octanol–water partition coefficient (Wildman–Crippen LogP) is 4.78. The lowest BCUT2D eigenvalue weighted by molar-refractivity contribution is 0.0956. The molecule has 0 aliphatic rings. The Morgan fingerprint density at radius 1 is 0.935 bits per heavy atom. The van der Waals surface area contributed by atoms with Crippen LogP contribution in [0.15, 0.2) is 77.9 Å². The van der Waals surface area contributed by atoms with Crippen molar-refractivity contribution in [2.24, 2.45) is 5.10 Å². The zero-order chi connectivity index (χ0) is 22.0. The van der Waals surface area contributed by atoms with Crippen LogP contribution in [0.2, 0.25) is 0 Å². The summed E-state index contributed by atoms with van der Waals surface area (Å²) >= 11 is 0. The number of para-hydroxylation sites is 1. The highest BCUT2D eigenvalue weighted by Crippen LogP contribution is 2.26. The number of hydrogen-bond donors (Lipinski definition) is 3. The number of nitrogens with zero attached hydrogens (tertiary/aromatic N) is 2. The van der Waals surface area contributed by atoms with E-state index in [1.165, 1.54) is 18.2 Å². The maximum absolute atomic E-state index is 13.0. The molecule has 1 amide bonds. The second kappa shape index (κ2) is 8.28. The van der Waals surface area contributed by atoms with Gasteiger partial charge in [-0.05, 0) is 50.2 Å². The molecule has 0 saturated heterocycles. The average Bonchev–Trinajstić information content (AvgIpc) is 2.78. The van der Waals surface area contributed by atoms with E-state index in [2.05, 4.69) is 10.5 Å². The van der Waals surface area contributed by atoms with Crippen LogP contribution in [0, 0.1) is 6.92 Å². The zero-order valence-corrected chi connectivity index (χ0v) is 17.1. The summed E-state index contributed by atoms with van der Waals surface area (Å²) in [4.78, 5) is 17.8. The largest absolute Gasteiger partial charge is 0.508 e. The second-order valence-corrected chi connectivity index (χ2v) is 7.28. The maximum Gasteiger partial charge on any atom is 0.272 e. The number of aryl methyl sites for hydroxylation is 1. The molecule has 3 N–H and O–H groups in total. The molecule has 0 saturated carbocycles. The molecule has 1 aromatic heterocycles. The molecular weight excluding hydrogens is 390 g/mol. The molecule has 1 heterocycles. The monoisotopic (exact) mass is 411 g/mol. The molecule has 0 unspecified atom stereocenters. The van der Waals surface area contributed by atoms with E-state index in [-0.39, 0.29) is 11.5 Å². The number of nitrogens with one attached hydrogen (secondary N) is 1. The van der Waals surface area contributed by atoms with Crippen LogP contribution >= 0.6 is 0 Å². The van der Waals surface area contributed by atoms with Crippen molar-refractivity contribution >= 4 is 22.5 Å². The Labute approximate surface area is 179 Å². The molecule has 0 aliphatic heterocycles. The minimum atomic E-state index is -0.397. The number of phenols is 2. The van der Waals surface area contributed by atoms with Crippen LogP contribution in [-0.2, 0) is 0 Å². The number of aromatic nitrogens is 1. The minimum Gasteiger partial charge on any atom is -0.508 e. The molecule has 4 aromatic rings. The van der Waals surface area contributed by atoms with Crippen LogP contribution in [0.1, 0.15) is 28.4 Å². The SMILES string of the molecule is C/C(=N\NC(=O)c1cc(-c2cccc(C)c2)nc2ccccc12)c1cc(O)ccc1O. The van der Waals surface area contributed by atoms with Crippen molar-refractivity contribution < 1.29 is 15.0 Å². The summed E-state index contributed by atoms with van der Waals surface area (Å²) in [7, 11) is 0. The third kappa shape index (κ3) is 4.23. The molecule has 0 fully saturated rings. The van der Waals surface area contributed by atoms with Crippen LogP contribution in [0.5, 0.6) is 11.5 Å². The molecule has 0 radical (unpaired) electrons. The van der Waals surface area contributed by atoms with Gasteiger partial charge < -0.3 is 10.2 Å². The van der Waals surface area contributed by atoms with Gasteiger partial charge in [0.2, 0.25) is 0 Å². The number of hydrogen-bond acceptors (Lipinski definition) is 5. The van der Waals surface area contributed by atoms with E-state index in [4.69, 9.17) is 4.98 Å². The van der Waals surface area contributed by atoms with Crippen molar-refractivity contribution in [3.05, 3.63) is 89.5 Å². The molecular formula is C25H21N3O3. The Hall–Kier alpha value is -4.19. The fraction of sp³-hybridized carbons (Fsp3) is 0.0800. The fourth-order valence-electron chi connectivity index (χ4n) is 3.38. The van der Waals surface area contributed by atoms with Gasteiger partial charge >= 0.3 is 0 Å². The van der Waals surface area contributed by atoms with E-state index < -0.39 is 5.91 Å². The Bertz CT molecular complexity index is 1330. The van der Waals surface area contributed by atoms with Crippen LogP contribution in [0.4, 0.5) is 0 Å². The quantitative estimate of drug-likeness (QED) is 0.256. The first-order chi connectivity index (χ1) is 14.9. The van der Waals surface area contributed by atoms with Gasteiger partial charge in [-0.25, -0.2) is 10.4 Å². The third-order valence-corrected chi connectivity index (χ3v) is 4.97. The van der Waals surface area contributed by atoms with Crippen molar-refractivity contribution in [1.29, 1.82) is 0 Å². The number of carbonyl (C=O) groups is 1. The number of phenolic OH excluding ortho intramolecular Hbond substituents is 2. The summed E-state index contributed by atoms with van der Waals surface area (Å²) in [6.07, 6.45) is 0. The van der Waals surface area contributed by atoms with E-state index in [0.717, 1.165) is 11.1 Å². The number of fused-ring (bicyclic) bond motifs is 1. The highest BCUT2D eigenvalue weighted by molar-refractivity contribution is 6.08. The van der Waals surface area contributed by atoms with Gasteiger partial charge in [-0.1, -0.05) is 42.0 Å². The van der Waals surface area contributed by atoms with Crippen molar-refractivity contribution in [1.82, 2.24) is 10.4 Å². The van der Waals surface area contributed by atoms with E-state index in [1.807, 2.05) is 55.5 Å². The van der Waals surface area contributed by atoms with Gasteiger partial charge in [0.1, 0.15) is 11.5 Å². The van der Waals surface area contributed by atoms with Gasteiger partial charge in [0.15, 0.2) is 0 Å². The van der Waals surface area contributed by atoms with Crippen LogP contribution < -0.4 is 5.43 Å². The maximum atomic E-state index is 13.0. The Balaban J connectivity index is 1.72. The average molecular weight is 411 g/mol. The number of aromatic hydroxyl groups is 2. The lowest BCUT2D eigenvalue weighted by atomic mass is 10.0. The predicted molar refractivity (Wildman–Crippen MR) is 121 cm³/mol. The molecule has 0 bridgehead atoms. The van der Waals surface area contributed by atoms with Gasteiger partial charge in [0.05, 0.1) is 22.5 Å². The second-order valence-electron chi connectivity index (χ2n) is 7.28. The topological polar surface area (TPSA) is 94.8 Å². The van der Waals surface area contributed by atoms with E-state index >= 15 is 0 Å². The van der Waals surface area contributed by atoms with Crippen LogP contribution in [0.3, 0.4) is 0 Å². The summed E-state index contributed by atoms with van der Waals surface area (Å²) in [6.45, 7) is 3.64. The number of amides is 1. The Morgan fingerprint density at radius 2 is 1.74 bits per heavy atom. The first-order valence-corrected chi connectivity index (χ1v) is 9.76. The molecule has 4 rings (SSSR count). The van der Waals surface area contributed by atoms with Gasteiger partial charge in [-0.15, -0.1) is 0 Å². The zero-order valence-electron chi connectivity index (χ0n) is 17.1. The first-order valence-electron chi connectivity index (χ1n) is 9.76. The van der Waals surface area contributed by atoms with Crippen LogP contribution in [0.25, 0.3) is 22.2 Å². The van der Waals surface area contributed by atoms with Gasteiger partial charge in [0.25, 0.3) is 5.91 Å². The minimum absolute atomic E-state index is 0.00315. The third-order valence-electron chi connectivity index (χ3n) is 4.97. The summed E-state index contributed by atoms with van der Waals surface area (Å²) in [6, 6.07) is 21.3.